The summed E-state index contributed by atoms with van der Waals surface area (Å²) in [7, 11) is -3.13. The summed E-state index contributed by atoms with van der Waals surface area (Å²) in [6.45, 7) is 0. The zero-order chi connectivity index (χ0) is 3.58. The van der Waals surface area contributed by atoms with E-state index in [1.165, 1.54) is 0 Å². The lowest BCUT2D eigenvalue weighted by atomic mass is 12.0. The van der Waals surface area contributed by atoms with Gasteiger partial charge >= 0.3 is 8.25 Å². The third-order valence-electron chi connectivity index (χ3n) is 0. The van der Waals surface area contributed by atoms with E-state index in [-0.39, 0.29) is 27.1 Å². The molecule has 0 saturated heterocycles. The van der Waals surface area contributed by atoms with E-state index in [0.29, 0.717) is 0 Å². The van der Waals surface area contributed by atoms with Crippen LogP contribution in [0.25, 0.3) is 0 Å². The zero-order valence-electron chi connectivity index (χ0n) is 3.01. The van der Waals surface area contributed by atoms with Crippen LogP contribution in [0, 0.1) is 0 Å². The number of hydrogen-bond donors (Lipinski definition) is 3. The summed E-state index contributed by atoms with van der Waals surface area (Å²) in [5, 5.41) is 0. The van der Waals surface area contributed by atoms with Crippen molar-refractivity contribution in [2.45, 2.75) is 7.43 Å². The summed E-state index contributed by atoms with van der Waals surface area (Å²) in [5.41, 5.74) is 0. The Hall–Kier alpha value is 0.460. The molecular formula is CH12NO3PS. The summed E-state index contributed by atoms with van der Waals surface area (Å²) in [5.74, 6) is 0. The van der Waals surface area contributed by atoms with Crippen molar-refractivity contribution in [1.82, 2.24) is 6.15 Å². The van der Waals surface area contributed by atoms with Crippen LogP contribution >= 0.6 is 21.8 Å². The Kier molecular flexibility index (Phi) is 59.8. The lowest BCUT2D eigenvalue weighted by Crippen LogP contribution is -1.38. The van der Waals surface area contributed by atoms with E-state index in [0.717, 1.165) is 0 Å². The van der Waals surface area contributed by atoms with Crippen LogP contribution in [-0.4, -0.2) is 9.79 Å². The van der Waals surface area contributed by atoms with Crippen molar-refractivity contribution in [3.63, 3.8) is 0 Å². The average Bonchev–Trinajstić information content (AvgIpc) is 0.811. The molecule has 0 fully saturated rings. The smallest absolute Gasteiger partial charge is 0.314 e. The highest BCUT2D eigenvalue weighted by atomic mass is 32.1. The van der Waals surface area contributed by atoms with Gasteiger partial charge in [0.25, 0.3) is 0 Å². The van der Waals surface area contributed by atoms with E-state index in [4.69, 9.17) is 14.4 Å². The molecular weight excluding hydrogens is 137 g/mol. The van der Waals surface area contributed by atoms with Gasteiger partial charge in [0.2, 0.25) is 0 Å². The molecule has 50 valence electrons. The maximum Gasteiger partial charge on any atom is 0.314 e. The fourth-order valence-electron chi connectivity index (χ4n) is 0. The predicted molar refractivity (Wildman–Crippen MR) is 35.6 cm³/mol. The molecule has 6 heteroatoms. The van der Waals surface area contributed by atoms with Gasteiger partial charge in [-0.3, -0.25) is 4.57 Å². The molecule has 5 N–H and O–H groups in total. The highest BCUT2D eigenvalue weighted by molar-refractivity contribution is 7.59. The summed E-state index contributed by atoms with van der Waals surface area (Å²) in [4.78, 5) is 14.3. The first kappa shape index (κ1) is 26.0. The van der Waals surface area contributed by atoms with Crippen molar-refractivity contribution in [2.75, 3.05) is 0 Å². The van der Waals surface area contributed by atoms with Crippen LogP contribution in [0.4, 0.5) is 0 Å². The van der Waals surface area contributed by atoms with Gasteiger partial charge in [-0.1, -0.05) is 7.43 Å². The SMILES string of the molecule is C.N.O=[PH](O)O.S. The fourth-order valence-corrected chi connectivity index (χ4v) is 0. The topological polar surface area (TPSA) is 92.5 Å². The minimum atomic E-state index is -3.13. The van der Waals surface area contributed by atoms with E-state index in [9.17, 15) is 0 Å². The Morgan fingerprint density at radius 2 is 1.29 bits per heavy atom. The van der Waals surface area contributed by atoms with Crippen molar-refractivity contribution in [3.8, 4) is 0 Å². The molecule has 0 amide bonds. The maximum absolute atomic E-state index is 8.74. The molecule has 0 aromatic rings. The van der Waals surface area contributed by atoms with Crippen LogP contribution in [0.2, 0.25) is 0 Å². The van der Waals surface area contributed by atoms with E-state index >= 15 is 0 Å². The Bertz CT molecular complexity index is 37.9. The zero-order valence-corrected chi connectivity index (χ0v) is 5.01. The second kappa shape index (κ2) is 16.1. The molecule has 0 aliphatic carbocycles. The minimum Gasteiger partial charge on any atom is -0.344 e. The van der Waals surface area contributed by atoms with Gasteiger partial charge in [0.05, 0.1) is 0 Å². The molecule has 0 unspecified atom stereocenters. The summed E-state index contributed by atoms with van der Waals surface area (Å²) < 4.78 is 8.74. The summed E-state index contributed by atoms with van der Waals surface area (Å²) >= 11 is 0. The van der Waals surface area contributed by atoms with E-state index < -0.39 is 8.25 Å². The van der Waals surface area contributed by atoms with Crippen molar-refractivity contribution in [3.05, 3.63) is 0 Å². The standard InChI is InChI=1S/CH4.H3N.H3O3P.H2S/c;;1-4(2)3;/h1H4;1H3;4H,(H2,1,2,3);1H2. The number of rotatable bonds is 0. The first-order chi connectivity index (χ1) is 1.73. The van der Waals surface area contributed by atoms with E-state index in [1.54, 1.807) is 0 Å². The molecule has 0 atom stereocenters. The molecule has 0 rings (SSSR count). The largest absolute Gasteiger partial charge is 0.344 e. The van der Waals surface area contributed by atoms with Crippen LogP contribution in [-0.2, 0) is 4.57 Å². The first-order valence-corrected chi connectivity index (χ1v) is 1.95. The van der Waals surface area contributed by atoms with Crippen molar-refractivity contribution in [1.29, 1.82) is 0 Å². The van der Waals surface area contributed by atoms with Crippen LogP contribution in [0.5, 0.6) is 0 Å². The average molecular weight is 149 g/mol. The highest BCUT2D eigenvalue weighted by Crippen LogP contribution is 1.98. The van der Waals surface area contributed by atoms with Crippen molar-refractivity contribution >= 4 is 21.8 Å². The molecule has 0 spiro atoms. The molecule has 0 bridgehead atoms. The molecule has 4 nitrogen and oxygen atoms in total. The van der Waals surface area contributed by atoms with E-state index in [2.05, 4.69) is 0 Å². The van der Waals surface area contributed by atoms with Gasteiger partial charge in [-0.2, -0.15) is 13.5 Å². The first-order valence-electron chi connectivity index (χ1n) is 0.651. The molecule has 0 saturated carbocycles. The molecule has 0 heterocycles. The molecule has 0 aliphatic heterocycles. The van der Waals surface area contributed by atoms with Crippen LogP contribution in [0.1, 0.15) is 7.43 Å². The Morgan fingerprint density at radius 1 is 1.29 bits per heavy atom. The van der Waals surface area contributed by atoms with Gasteiger partial charge in [-0.25, -0.2) is 0 Å². The van der Waals surface area contributed by atoms with Gasteiger partial charge in [0.1, 0.15) is 0 Å². The van der Waals surface area contributed by atoms with Crippen LogP contribution in [0.15, 0.2) is 0 Å². The van der Waals surface area contributed by atoms with Crippen LogP contribution < -0.4 is 6.15 Å². The van der Waals surface area contributed by atoms with Gasteiger partial charge in [0.15, 0.2) is 0 Å². The molecule has 7 heavy (non-hydrogen) atoms. The van der Waals surface area contributed by atoms with Crippen molar-refractivity contribution < 1.29 is 14.4 Å². The van der Waals surface area contributed by atoms with Crippen LogP contribution in [0.3, 0.4) is 0 Å². The minimum absolute atomic E-state index is 0. The molecule has 0 aromatic carbocycles. The lowest BCUT2D eigenvalue weighted by Gasteiger charge is -1.61. The number of hydrogen-bond acceptors (Lipinski definition) is 2. The Labute approximate surface area is 50.5 Å². The predicted octanol–water partition coefficient (Wildman–Crippen LogP) is 0.272. The second-order valence-corrected chi connectivity index (χ2v) is 0.848. The molecule has 0 aromatic heterocycles. The quantitative estimate of drug-likeness (QED) is 0.431. The normalized spacial score (nSPS) is 5.00. The lowest BCUT2D eigenvalue weighted by molar-refractivity contribution is 0.405. The third-order valence-corrected chi connectivity index (χ3v) is 0. The van der Waals surface area contributed by atoms with E-state index in [1.807, 2.05) is 0 Å². The summed E-state index contributed by atoms with van der Waals surface area (Å²) in [6, 6.07) is 0. The maximum atomic E-state index is 8.74. The Morgan fingerprint density at radius 3 is 1.29 bits per heavy atom. The van der Waals surface area contributed by atoms with Gasteiger partial charge < -0.3 is 15.9 Å². The Balaban J connectivity index is -0.0000000150. The second-order valence-electron chi connectivity index (χ2n) is 0.283. The van der Waals surface area contributed by atoms with Gasteiger partial charge in [-0.15, -0.1) is 0 Å². The molecule has 0 radical (unpaired) electrons. The molecule has 0 aliphatic rings. The van der Waals surface area contributed by atoms with Crippen molar-refractivity contribution in [2.24, 2.45) is 0 Å². The van der Waals surface area contributed by atoms with Gasteiger partial charge in [0, 0.05) is 0 Å². The van der Waals surface area contributed by atoms with Gasteiger partial charge in [-0.05, 0) is 0 Å². The third kappa shape index (κ3) is 607. The fraction of sp³-hybridized carbons (Fsp3) is 1.00. The highest BCUT2D eigenvalue weighted by Gasteiger charge is 1.61. The monoisotopic (exact) mass is 149 g/mol. The summed E-state index contributed by atoms with van der Waals surface area (Å²) in [6.07, 6.45) is 0.